The number of hydrogen-bond donors (Lipinski definition) is 1. The van der Waals surface area contributed by atoms with Crippen LogP contribution in [0.4, 0.5) is 0 Å². The van der Waals surface area contributed by atoms with E-state index in [1.165, 1.54) is 0 Å². The average Bonchev–Trinajstić information content (AvgIpc) is 2.81. The quantitative estimate of drug-likeness (QED) is 0.153. The predicted octanol–water partition coefficient (Wildman–Crippen LogP) is 5.92. The fourth-order valence-corrected chi connectivity index (χ4v) is 7.03. The molecule has 0 aliphatic heterocycles. The average molecular weight is 924 g/mol. The van der Waals surface area contributed by atoms with Crippen LogP contribution in [0.5, 0.6) is 11.5 Å². The van der Waals surface area contributed by atoms with E-state index in [2.05, 4.69) is 45.2 Å². The molecule has 0 aliphatic carbocycles. The highest BCUT2D eigenvalue weighted by Gasteiger charge is 2.19. The first-order chi connectivity index (χ1) is 16.7. The lowest BCUT2D eigenvalue weighted by Gasteiger charge is -2.13. The van der Waals surface area contributed by atoms with Gasteiger partial charge in [-0.1, -0.05) is 30.3 Å². The van der Waals surface area contributed by atoms with Crippen molar-refractivity contribution >= 4 is 108 Å². The van der Waals surface area contributed by atoms with E-state index in [4.69, 9.17) is 19.3 Å². The Balaban J connectivity index is 1.69. The van der Waals surface area contributed by atoms with E-state index in [1.54, 1.807) is 24.3 Å². The molecule has 11 heteroatoms. The summed E-state index contributed by atoms with van der Waals surface area (Å²) >= 11 is 8.16. The number of rotatable bonds is 10. The summed E-state index contributed by atoms with van der Waals surface area (Å²) in [4.78, 5) is 36.1. The topological polar surface area (TPSA) is 99.1 Å². The molecule has 0 saturated heterocycles. The second-order valence-corrected chi connectivity index (χ2v) is 11.6. The number of carbonyl (C=O) groups is 3. The van der Waals surface area contributed by atoms with E-state index >= 15 is 0 Å². The lowest BCUT2D eigenvalue weighted by atomic mass is 10.0. The van der Waals surface area contributed by atoms with Crippen LogP contribution in [0.2, 0.25) is 0 Å². The molecule has 182 valence electrons. The van der Waals surface area contributed by atoms with Crippen LogP contribution in [-0.4, -0.2) is 36.0 Å². The number of ether oxygens (including phenoxy) is 3. The molecule has 0 aliphatic rings. The largest absolute Gasteiger partial charge is 0.480 e. The van der Waals surface area contributed by atoms with Gasteiger partial charge in [0.1, 0.15) is 18.1 Å². The van der Waals surface area contributed by atoms with E-state index in [9.17, 15) is 14.4 Å². The van der Waals surface area contributed by atoms with Gasteiger partial charge >= 0.3 is 11.9 Å². The van der Waals surface area contributed by atoms with Crippen LogP contribution in [0.25, 0.3) is 0 Å². The Morgan fingerprint density at radius 3 is 1.63 bits per heavy atom. The molecule has 0 unspecified atom stereocenters. The molecule has 3 rings (SSSR count). The van der Waals surface area contributed by atoms with Gasteiger partial charge in [0, 0.05) is 11.1 Å². The van der Waals surface area contributed by atoms with E-state index in [1.807, 2.05) is 75.5 Å². The van der Waals surface area contributed by atoms with Gasteiger partial charge in [0.25, 0.3) is 0 Å². The summed E-state index contributed by atoms with van der Waals surface area (Å²) < 4.78 is 18.9. The summed E-state index contributed by atoms with van der Waals surface area (Å²) in [7, 11) is 0. The number of benzene rings is 3. The molecule has 3 aromatic rings. The SMILES string of the molecule is O=C(O)COc1c(I)cc(C(=O)c2cc(I)c(OCC(=O)OCc3ccccc3)c(I)c2)cc1I. The van der Waals surface area contributed by atoms with Crippen molar-refractivity contribution in [2.24, 2.45) is 0 Å². The van der Waals surface area contributed by atoms with Crippen molar-refractivity contribution in [2.45, 2.75) is 6.61 Å². The molecule has 0 atom stereocenters. The van der Waals surface area contributed by atoms with Gasteiger partial charge in [-0.3, -0.25) is 4.79 Å². The van der Waals surface area contributed by atoms with Crippen LogP contribution < -0.4 is 9.47 Å². The van der Waals surface area contributed by atoms with Crippen LogP contribution in [0.1, 0.15) is 21.5 Å². The minimum Gasteiger partial charge on any atom is -0.480 e. The zero-order valence-corrected chi connectivity index (χ0v) is 26.4. The Hall–Kier alpha value is -1.21. The molecule has 35 heavy (non-hydrogen) atoms. The number of halogens is 4. The van der Waals surface area contributed by atoms with Gasteiger partial charge in [-0.2, -0.15) is 0 Å². The molecule has 0 radical (unpaired) electrons. The molecule has 0 bridgehead atoms. The Morgan fingerprint density at radius 1 is 0.714 bits per heavy atom. The first-order valence-electron chi connectivity index (χ1n) is 9.85. The number of ketones is 1. The van der Waals surface area contributed by atoms with E-state index in [-0.39, 0.29) is 19.0 Å². The Morgan fingerprint density at radius 2 is 1.17 bits per heavy atom. The smallest absolute Gasteiger partial charge is 0.344 e. The third-order valence-corrected chi connectivity index (χ3v) is 7.64. The van der Waals surface area contributed by atoms with Crippen LogP contribution in [0.15, 0.2) is 54.6 Å². The minimum atomic E-state index is -1.08. The summed E-state index contributed by atoms with van der Waals surface area (Å²) in [5.41, 5.74) is 1.80. The van der Waals surface area contributed by atoms with Gasteiger partial charge in [-0.25, -0.2) is 9.59 Å². The van der Waals surface area contributed by atoms with Crippen LogP contribution in [-0.2, 0) is 20.9 Å². The first kappa shape index (κ1) is 28.4. The van der Waals surface area contributed by atoms with Crippen molar-refractivity contribution < 1.29 is 33.7 Å². The van der Waals surface area contributed by atoms with E-state index < -0.39 is 18.5 Å². The summed E-state index contributed by atoms with van der Waals surface area (Å²) in [6.07, 6.45) is 0. The van der Waals surface area contributed by atoms with E-state index in [0.29, 0.717) is 36.9 Å². The van der Waals surface area contributed by atoms with Crippen molar-refractivity contribution in [1.82, 2.24) is 0 Å². The molecular weight excluding hydrogens is 908 g/mol. The first-order valence-corrected chi connectivity index (χ1v) is 14.2. The maximum atomic E-state index is 13.2. The number of aliphatic carboxylic acids is 1. The normalized spacial score (nSPS) is 10.5. The van der Waals surface area contributed by atoms with Crippen molar-refractivity contribution in [1.29, 1.82) is 0 Å². The summed E-state index contributed by atoms with van der Waals surface area (Å²) in [5.74, 6) is -0.837. The Labute approximate surface area is 255 Å². The van der Waals surface area contributed by atoms with Crippen molar-refractivity contribution in [3.05, 3.63) is 85.6 Å². The van der Waals surface area contributed by atoms with Crippen LogP contribution in [0.3, 0.4) is 0 Å². The molecule has 1 N–H and O–H groups in total. The third-order valence-electron chi connectivity index (χ3n) is 4.44. The van der Waals surface area contributed by atoms with E-state index in [0.717, 1.165) is 5.56 Å². The maximum absolute atomic E-state index is 13.2. The van der Waals surface area contributed by atoms with Gasteiger partial charge < -0.3 is 19.3 Å². The second kappa shape index (κ2) is 13.4. The Bertz CT molecular complexity index is 1220. The maximum Gasteiger partial charge on any atom is 0.344 e. The van der Waals surface area contributed by atoms with Gasteiger partial charge in [-0.15, -0.1) is 0 Å². The lowest BCUT2D eigenvalue weighted by molar-refractivity contribution is -0.147. The zero-order valence-electron chi connectivity index (χ0n) is 17.7. The molecule has 0 amide bonds. The summed E-state index contributed by atoms with van der Waals surface area (Å²) in [6, 6.07) is 16.1. The molecule has 0 fully saturated rings. The van der Waals surface area contributed by atoms with Gasteiger partial charge in [0.2, 0.25) is 0 Å². The standard InChI is InChI=1S/C24H16I4O7/c25-16-6-14(7-17(26)23(16)34-11-20(29)30)22(32)15-8-18(27)24(19(28)9-15)35-12-21(31)33-10-13-4-2-1-3-5-13/h1-9H,10-12H2,(H,29,30). The summed E-state index contributed by atoms with van der Waals surface area (Å²) in [5, 5.41) is 8.84. The number of carboxylic acid groups (broad SMARTS) is 1. The van der Waals surface area contributed by atoms with Gasteiger partial charge in [0.15, 0.2) is 19.0 Å². The fraction of sp³-hybridized carbons (Fsp3) is 0.125. The lowest BCUT2D eigenvalue weighted by Crippen LogP contribution is -2.16. The van der Waals surface area contributed by atoms with Crippen molar-refractivity contribution in [2.75, 3.05) is 13.2 Å². The zero-order chi connectivity index (χ0) is 25.5. The molecule has 0 spiro atoms. The van der Waals surface area contributed by atoms with Crippen LogP contribution >= 0.6 is 90.4 Å². The predicted molar refractivity (Wildman–Crippen MR) is 162 cm³/mol. The van der Waals surface area contributed by atoms with Gasteiger partial charge in [0.05, 0.1) is 14.3 Å². The number of carbonyl (C=O) groups excluding carboxylic acids is 2. The highest BCUT2D eigenvalue weighted by Crippen LogP contribution is 2.32. The molecule has 0 saturated carbocycles. The van der Waals surface area contributed by atoms with Gasteiger partial charge in [-0.05, 0) is 120 Å². The monoisotopic (exact) mass is 924 g/mol. The minimum absolute atomic E-state index is 0.169. The molecule has 0 heterocycles. The van der Waals surface area contributed by atoms with Crippen molar-refractivity contribution in [3.63, 3.8) is 0 Å². The fourth-order valence-electron chi connectivity index (χ4n) is 2.87. The summed E-state index contributed by atoms with van der Waals surface area (Å²) in [6.45, 7) is -0.542. The molecular formula is C24H16I4O7. The highest BCUT2D eigenvalue weighted by molar-refractivity contribution is 14.1. The van der Waals surface area contributed by atoms with Crippen LogP contribution in [0, 0.1) is 14.3 Å². The molecule has 0 aromatic heterocycles. The number of hydrogen-bond acceptors (Lipinski definition) is 6. The number of carboxylic acids is 1. The Kier molecular flexibility index (Phi) is 10.8. The molecule has 7 nitrogen and oxygen atoms in total. The molecule has 3 aromatic carbocycles. The number of esters is 1. The highest BCUT2D eigenvalue weighted by atomic mass is 127. The third kappa shape index (κ3) is 8.14. The second-order valence-electron chi connectivity index (χ2n) is 6.98. The van der Waals surface area contributed by atoms with Crippen molar-refractivity contribution in [3.8, 4) is 11.5 Å².